The Morgan fingerprint density at radius 2 is 1.43 bits per heavy atom. The fourth-order valence-corrected chi connectivity index (χ4v) is 3.94. The molecule has 0 bridgehead atoms. The van der Waals surface area contributed by atoms with Crippen LogP contribution in [-0.2, 0) is 22.4 Å². The lowest BCUT2D eigenvalue weighted by Crippen LogP contribution is -2.17. The molecule has 1 heterocycles. The van der Waals surface area contributed by atoms with E-state index in [4.69, 9.17) is 4.74 Å². The Bertz CT molecular complexity index is 1240. The summed E-state index contributed by atoms with van der Waals surface area (Å²) >= 11 is 0. The lowest BCUT2D eigenvalue weighted by atomic mass is 10.1. The number of nitrogens with zero attached hydrogens (tertiary/aromatic N) is 2. The number of nitrogens with one attached hydrogen (secondary N) is 1. The summed E-state index contributed by atoms with van der Waals surface area (Å²) in [5.74, 6) is 0.620. The summed E-state index contributed by atoms with van der Waals surface area (Å²) < 4.78 is 111. The quantitative estimate of drug-likeness (QED) is 0.387. The molecule has 13 heteroatoms. The topological polar surface area (TPSA) is 81.2 Å². The summed E-state index contributed by atoms with van der Waals surface area (Å²) in [6, 6.07) is 8.87. The van der Waals surface area contributed by atoms with E-state index in [1.54, 1.807) is 12.1 Å². The second kappa shape index (κ2) is 9.72. The Labute approximate surface area is 197 Å². The van der Waals surface area contributed by atoms with Gasteiger partial charge in [-0.25, -0.2) is 8.42 Å². The first-order valence-electron chi connectivity index (χ1n) is 10.0. The molecule has 0 spiro atoms. The Morgan fingerprint density at radius 3 is 1.89 bits per heavy atom. The van der Waals surface area contributed by atoms with E-state index >= 15 is 0 Å². The third-order valence-electron chi connectivity index (χ3n) is 4.51. The van der Waals surface area contributed by atoms with E-state index in [2.05, 4.69) is 10.2 Å². The predicted molar refractivity (Wildman–Crippen MR) is 115 cm³/mol. The zero-order valence-electron chi connectivity index (χ0n) is 18.3. The molecule has 0 amide bonds. The lowest BCUT2D eigenvalue weighted by molar-refractivity contribution is -0.143. The molecule has 0 aliphatic rings. The highest BCUT2D eigenvalue weighted by atomic mass is 32.2. The van der Waals surface area contributed by atoms with Gasteiger partial charge >= 0.3 is 12.4 Å². The normalized spacial score (nSPS) is 12.6. The molecule has 0 radical (unpaired) electrons. The van der Waals surface area contributed by atoms with Crippen molar-refractivity contribution in [3.63, 3.8) is 0 Å². The van der Waals surface area contributed by atoms with Gasteiger partial charge in [-0.15, -0.1) is 10.2 Å². The van der Waals surface area contributed by atoms with E-state index in [1.165, 1.54) is 24.3 Å². The minimum Gasteiger partial charge on any atom is -0.476 e. The van der Waals surface area contributed by atoms with Crippen LogP contribution in [0.3, 0.4) is 0 Å². The second-order valence-electron chi connectivity index (χ2n) is 7.89. The van der Waals surface area contributed by atoms with Crippen LogP contribution in [0.4, 0.5) is 32.0 Å². The molecule has 1 N–H and O–H groups in total. The smallest absolute Gasteiger partial charge is 0.416 e. The maximum absolute atomic E-state index is 13.1. The van der Waals surface area contributed by atoms with Gasteiger partial charge in [-0.2, -0.15) is 26.3 Å². The van der Waals surface area contributed by atoms with Gasteiger partial charge in [0.2, 0.25) is 5.88 Å². The predicted octanol–water partition coefficient (Wildman–Crippen LogP) is 6.02. The van der Waals surface area contributed by atoms with E-state index in [-0.39, 0.29) is 23.9 Å². The van der Waals surface area contributed by atoms with Crippen LogP contribution in [0.2, 0.25) is 0 Å². The van der Waals surface area contributed by atoms with E-state index in [9.17, 15) is 34.8 Å². The fraction of sp³-hybridized carbons (Fsp3) is 0.273. The molecule has 0 aliphatic carbocycles. The van der Waals surface area contributed by atoms with Crippen LogP contribution in [0.15, 0.2) is 59.5 Å². The number of hydrogen-bond acceptors (Lipinski definition) is 5. The standard InChI is InChI=1S/C22H19F6N3O3S/c1-13(2)12-34-20-8-7-19(29-30-20)14-3-5-17(6-4-14)31-35(32,33)18-10-15(21(23,24)25)9-16(11-18)22(26,27)28/h3-11,13,31H,12H2,1-2H3. The molecule has 0 aliphatic heterocycles. The average molecular weight is 519 g/mol. The van der Waals surface area contributed by atoms with Gasteiger partial charge in [0.05, 0.1) is 28.3 Å². The summed E-state index contributed by atoms with van der Waals surface area (Å²) in [5, 5.41) is 7.95. The van der Waals surface area contributed by atoms with Gasteiger partial charge in [-0.1, -0.05) is 26.0 Å². The first-order chi connectivity index (χ1) is 16.1. The van der Waals surface area contributed by atoms with Crippen molar-refractivity contribution in [2.45, 2.75) is 31.1 Å². The van der Waals surface area contributed by atoms with Crippen LogP contribution >= 0.6 is 0 Å². The van der Waals surface area contributed by atoms with Gasteiger partial charge in [0.1, 0.15) is 0 Å². The summed E-state index contributed by atoms with van der Waals surface area (Å²) in [4.78, 5) is -1.17. The number of ether oxygens (including phenoxy) is 1. The van der Waals surface area contributed by atoms with Gasteiger partial charge in [0.25, 0.3) is 10.0 Å². The first kappa shape index (κ1) is 26.3. The molecule has 6 nitrogen and oxygen atoms in total. The largest absolute Gasteiger partial charge is 0.476 e. The minimum absolute atomic E-state index is 0.0791. The Kier molecular flexibility index (Phi) is 7.29. The van der Waals surface area contributed by atoms with Crippen molar-refractivity contribution in [3.8, 4) is 17.1 Å². The van der Waals surface area contributed by atoms with Crippen LogP contribution in [0, 0.1) is 5.92 Å². The van der Waals surface area contributed by atoms with Crippen molar-refractivity contribution in [2.24, 2.45) is 5.92 Å². The lowest BCUT2D eigenvalue weighted by Gasteiger charge is -2.15. The summed E-state index contributed by atoms with van der Waals surface area (Å²) in [6.45, 7) is 4.40. The monoisotopic (exact) mass is 519 g/mol. The fourth-order valence-electron chi connectivity index (χ4n) is 2.81. The molecule has 2 aromatic carbocycles. The number of sulfonamides is 1. The Hall–Kier alpha value is -3.35. The molecule has 0 unspecified atom stereocenters. The SMILES string of the molecule is CC(C)COc1ccc(-c2ccc(NS(=O)(=O)c3cc(C(F)(F)F)cc(C(F)(F)F)c3)cc2)nn1. The van der Waals surface area contributed by atoms with Crippen molar-refractivity contribution in [2.75, 3.05) is 11.3 Å². The zero-order valence-corrected chi connectivity index (χ0v) is 19.1. The van der Waals surface area contributed by atoms with Gasteiger partial charge in [-0.3, -0.25) is 4.72 Å². The molecular weight excluding hydrogens is 500 g/mol. The molecule has 0 fully saturated rings. The molecule has 1 aromatic heterocycles. The number of anilines is 1. The van der Waals surface area contributed by atoms with Crippen LogP contribution in [-0.4, -0.2) is 25.2 Å². The van der Waals surface area contributed by atoms with Crippen molar-refractivity contribution in [3.05, 3.63) is 65.7 Å². The van der Waals surface area contributed by atoms with Crippen LogP contribution in [0.25, 0.3) is 11.3 Å². The zero-order chi connectivity index (χ0) is 26.0. The highest BCUT2D eigenvalue weighted by Gasteiger charge is 2.38. The second-order valence-corrected chi connectivity index (χ2v) is 9.57. The highest BCUT2D eigenvalue weighted by molar-refractivity contribution is 7.92. The maximum Gasteiger partial charge on any atom is 0.416 e. The molecule has 3 aromatic rings. The van der Waals surface area contributed by atoms with E-state index in [0.717, 1.165) is 0 Å². The third-order valence-corrected chi connectivity index (χ3v) is 5.87. The van der Waals surface area contributed by atoms with Crippen LogP contribution in [0.5, 0.6) is 5.88 Å². The molecule has 35 heavy (non-hydrogen) atoms. The van der Waals surface area contributed by atoms with Gasteiger partial charge in [0.15, 0.2) is 0 Å². The maximum atomic E-state index is 13.1. The van der Waals surface area contributed by atoms with Gasteiger partial charge in [0, 0.05) is 17.3 Å². The summed E-state index contributed by atoms with van der Waals surface area (Å²) in [5.41, 5.74) is -2.58. The van der Waals surface area contributed by atoms with Crippen molar-refractivity contribution in [1.82, 2.24) is 10.2 Å². The van der Waals surface area contributed by atoms with E-state index in [0.29, 0.717) is 29.7 Å². The van der Waals surface area contributed by atoms with Crippen molar-refractivity contribution < 1.29 is 39.5 Å². The molecular formula is C22H19F6N3O3S. The van der Waals surface area contributed by atoms with Gasteiger partial charge < -0.3 is 4.74 Å². The number of halogens is 6. The molecule has 0 saturated carbocycles. The minimum atomic E-state index is -5.18. The molecule has 0 saturated heterocycles. The van der Waals surface area contributed by atoms with E-state index < -0.39 is 38.4 Å². The Balaban J connectivity index is 1.83. The highest BCUT2D eigenvalue weighted by Crippen LogP contribution is 2.37. The van der Waals surface area contributed by atoms with E-state index in [1.807, 2.05) is 18.6 Å². The number of hydrogen-bond donors (Lipinski definition) is 1. The number of benzene rings is 2. The molecule has 188 valence electrons. The van der Waals surface area contributed by atoms with Crippen molar-refractivity contribution in [1.29, 1.82) is 0 Å². The van der Waals surface area contributed by atoms with Crippen LogP contribution in [0.1, 0.15) is 25.0 Å². The summed E-state index contributed by atoms with van der Waals surface area (Å²) in [6.07, 6.45) is -10.4. The molecule has 3 rings (SSSR count). The number of aromatic nitrogens is 2. The third kappa shape index (κ3) is 6.84. The average Bonchev–Trinajstić information content (AvgIpc) is 2.77. The van der Waals surface area contributed by atoms with Gasteiger partial charge in [-0.05, 0) is 42.3 Å². The number of rotatable bonds is 7. The summed E-state index contributed by atoms with van der Waals surface area (Å²) in [7, 11) is -4.77. The number of alkyl halides is 6. The first-order valence-corrected chi connectivity index (χ1v) is 11.5. The Morgan fingerprint density at radius 1 is 0.857 bits per heavy atom. The van der Waals surface area contributed by atoms with Crippen LogP contribution < -0.4 is 9.46 Å². The van der Waals surface area contributed by atoms with Crippen molar-refractivity contribution >= 4 is 15.7 Å². The molecule has 0 atom stereocenters.